The highest BCUT2D eigenvalue weighted by Crippen LogP contribution is 2.34. The van der Waals surface area contributed by atoms with E-state index in [4.69, 9.17) is 23.5 Å². The maximum atomic E-state index is 12.4. The number of methoxy groups -OCH3 is 2. The smallest absolute Gasteiger partial charge is 0.251 e. The van der Waals surface area contributed by atoms with Gasteiger partial charge in [-0.05, 0) is 36.4 Å². The van der Waals surface area contributed by atoms with Crippen molar-refractivity contribution in [2.45, 2.75) is 6.54 Å². The Morgan fingerprint density at radius 1 is 1.00 bits per heavy atom. The number of benzene rings is 2. The van der Waals surface area contributed by atoms with Crippen molar-refractivity contribution in [3.8, 4) is 34.3 Å². The number of hydrogen-bond acceptors (Lipinski definition) is 7. The van der Waals surface area contributed by atoms with Crippen LogP contribution in [-0.2, 0) is 6.54 Å². The van der Waals surface area contributed by atoms with E-state index in [0.29, 0.717) is 53.2 Å². The van der Waals surface area contributed by atoms with Gasteiger partial charge in [0.15, 0.2) is 28.8 Å². The molecule has 0 unspecified atom stereocenters. The zero-order valence-electron chi connectivity index (χ0n) is 16.1. The summed E-state index contributed by atoms with van der Waals surface area (Å²) in [6, 6.07) is 12.3. The fraction of sp³-hybridized carbons (Fsp3) is 0.238. The minimum absolute atomic E-state index is 0.223. The fourth-order valence-electron chi connectivity index (χ4n) is 2.98. The molecule has 1 aromatic heterocycles. The summed E-state index contributed by atoms with van der Waals surface area (Å²) in [6.07, 6.45) is 0. The summed E-state index contributed by atoms with van der Waals surface area (Å²) in [5.41, 5.74) is 1.88. The lowest BCUT2D eigenvalue weighted by molar-refractivity contribution is 0.0949. The van der Waals surface area contributed by atoms with Crippen LogP contribution in [0.4, 0.5) is 0 Å². The Morgan fingerprint density at radius 2 is 1.79 bits per heavy atom. The lowest BCUT2D eigenvalue weighted by Crippen LogP contribution is -2.22. The Balaban J connectivity index is 1.42. The third kappa shape index (κ3) is 3.96. The molecule has 1 N–H and O–H groups in total. The van der Waals surface area contributed by atoms with E-state index >= 15 is 0 Å². The molecule has 1 aliphatic rings. The molecule has 150 valence electrons. The Morgan fingerprint density at radius 3 is 2.59 bits per heavy atom. The third-order valence-corrected chi connectivity index (χ3v) is 4.46. The first-order valence-electron chi connectivity index (χ1n) is 9.04. The summed E-state index contributed by atoms with van der Waals surface area (Å²) in [4.78, 5) is 12.4. The fourth-order valence-corrected chi connectivity index (χ4v) is 2.98. The van der Waals surface area contributed by atoms with Crippen LogP contribution in [0.1, 0.15) is 16.1 Å². The monoisotopic (exact) mass is 396 g/mol. The summed E-state index contributed by atoms with van der Waals surface area (Å²) >= 11 is 0. The van der Waals surface area contributed by atoms with Crippen LogP contribution in [0.15, 0.2) is 47.0 Å². The average molecular weight is 396 g/mol. The summed E-state index contributed by atoms with van der Waals surface area (Å²) in [5, 5.41) is 6.84. The second-order valence-corrected chi connectivity index (χ2v) is 6.29. The third-order valence-electron chi connectivity index (χ3n) is 4.46. The molecule has 1 amide bonds. The molecule has 0 radical (unpaired) electrons. The van der Waals surface area contributed by atoms with E-state index in [-0.39, 0.29) is 12.5 Å². The molecule has 4 rings (SSSR count). The van der Waals surface area contributed by atoms with E-state index in [9.17, 15) is 4.79 Å². The van der Waals surface area contributed by atoms with Crippen molar-refractivity contribution < 1.29 is 28.3 Å². The summed E-state index contributed by atoms with van der Waals surface area (Å²) in [7, 11) is 3.07. The molecule has 0 saturated heterocycles. The van der Waals surface area contributed by atoms with Gasteiger partial charge in [-0.3, -0.25) is 4.79 Å². The topological polar surface area (TPSA) is 92.1 Å². The highest BCUT2D eigenvalue weighted by atomic mass is 16.6. The average Bonchev–Trinajstić information content (AvgIpc) is 3.25. The highest BCUT2D eigenvalue weighted by molar-refractivity contribution is 5.94. The van der Waals surface area contributed by atoms with Crippen molar-refractivity contribution in [2.75, 3.05) is 27.4 Å². The van der Waals surface area contributed by atoms with Crippen LogP contribution in [0.25, 0.3) is 11.3 Å². The summed E-state index contributed by atoms with van der Waals surface area (Å²) < 4.78 is 26.9. The van der Waals surface area contributed by atoms with Gasteiger partial charge in [0.25, 0.3) is 5.91 Å². The Labute approximate surface area is 167 Å². The first-order chi connectivity index (χ1) is 14.2. The van der Waals surface area contributed by atoms with E-state index in [1.54, 1.807) is 31.4 Å². The molecule has 29 heavy (non-hydrogen) atoms. The predicted molar refractivity (Wildman–Crippen MR) is 104 cm³/mol. The maximum absolute atomic E-state index is 12.4. The molecule has 0 spiro atoms. The van der Waals surface area contributed by atoms with E-state index in [0.717, 1.165) is 5.56 Å². The van der Waals surface area contributed by atoms with Gasteiger partial charge in [0.2, 0.25) is 0 Å². The highest BCUT2D eigenvalue weighted by Gasteiger charge is 2.16. The largest absolute Gasteiger partial charge is 0.493 e. The van der Waals surface area contributed by atoms with Crippen molar-refractivity contribution in [2.24, 2.45) is 0 Å². The molecule has 0 atom stereocenters. The molecular weight excluding hydrogens is 376 g/mol. The van der Waals surface area contributed by atoms with Gasteiger partial charge in [0.05, 0.1) is 20.8 Å². The Hall–Kier alpha value is -3.68. The number of nitrogens with zero attached hydrogens (tertiary/aromatic N) is 1. The van der Waals surface area contributed by atoms with Crippen molar-refractivity contribution >= 4 is 5.91 Å². The number of rotatable bonds is 6. The molecule has 0 fully saturated rings. The molecule has 1 aliphatic heterocycles. The molecule has 2 heterocycles. The second-order valence-electron chi connectivity index (χ2n) is 6.29. The van der Waals surface area contributed by atoms with E-state index < -0.39 is 0 Å². The molecule has 8 heteroatoms. The molecule has 3 aromatic rings. The van der Waals surface area contributed by atoms with E-state index in [1.165, 1.54) is 7.11 Å². The number of carbonyl (C=O) groups excluding carboxylic acids is 1. The number of hydrogen-bond donors (Lipinski definition) is 1. The molecule has 8 nitrogen and oxygen atoms in total. The summed E-state index contributed by atoms with van der Waals surface area (Å²) in [6.45, 7) is 1.28. The normalized spacial score (nSPS) is 12.3. The first kappa shape index (κ1) is 18.7. The quantitative estimate of drug-likeness (QED) is 0.685. The number of carbonyl (C=O) groups is 1. The van der Waals surface area contributed by atoms with Gasteiger partial charge in [-0.2, -0.15) is 0 Å². The Bertz CT molecular complexity index is 1030. The van der Waals surface area contributed by atoms with Crippen LogP contribution in [0, 0.1) is 0 Å². The standard InChI is InChI=1S/C21H20N2O6/c1-25-16-5-4-14(10-19(16)26-2)21(24)22-12-15-11-18(29-23-15)13-3-6-17-20(9-13)28-8-7-27-17/h3-6,9-11H,7-8,12H2,1-2H3,(H,22,24). The van der Waals surface area contributed by atoms with E-state index in [2.05, 4.69) is 10.5 Å². The number of fused-ring (bicyclic) bond motifs is 1. The van der Waals surface area contributed by atoms with Gasteiger partial charge in [-0.15, -0.1) is 0 Å². The maximum Gasteiger partial charge on any atom is 0.251 e. The van der Waals surface area contributed by atoms with Crippen LogP contribution in [0.5, 0.6) is 23.0 Å². The van der Waals surface area contributed by atoms with Crippen LogP contribution in [-0.4, -0.2) is 38.5 Å². The van der Waals surface area contributed by atoms with Gasteiger partial charge >= 0.3 is 0 Å². The van der Waals surface area contributed by atoms with Crippen molar-refractivity contribution in [1.82, 2.24) is 10.5 Å². The lowest BCUT2D eigenvalue weighted by atomic mass is 10.1. The van der Waals surface area contributed by atoms with Crippen LogP contribution in [0.2, 0.25) is 0 Å². The van der Waals surface area contributed by atoms with Crippen molar-refractivity contribution in [3.05, 3.63) is 53.7 Å². The summed E-state index contributed by atoms with van der Waals surface area (Å²) in [5.74, 6) is 2.76. The van der Waals surface area contributed by atoms with Crippen LogP contribution >= 0.6 is 0 Å². The van der Waals surface area contributed by atoms with Gasteiger partial charge in [-0.25, -0.2) is 0 Å². The van der Waals surface area contributed by atoms with Gasteiger partial charge in [0.1, 0.15) is 18.9 Å². The Kier molecular flexibility index (Phi) is 5.24. The zero-order valence-corrected chi connectivity index (χ0v) is 16.1. The van der Waals surface area contributed by atoms with Crippen molar-refractivity contribution in [1.29, 1.82) is 0 Å². The molecule has 2 aromatic carbocycles. The molecule has 0 saturated carbocycles. The van der Waals surface area contributed by atoms with Gasteiger partial charge < -0.3 is 28.8 Å². The number of aromatic nitrogens is 1. The zero-order chi connectivity index (χ0) is 20.2. The molecule has 0 bridgehead atoms. The number of ether oxygens (including phenoxy) is 4. The lowest BCUT2D eigenvalue weighted by Gasteiger charge is -2.18. The number of nitrogens with one attached hydrogen (secondary N) is 1. The van der Waals surface area contributed by atoms with Crippen LogP contribution in [0.3, 0.4) is 0 Å². The van der Waals surface area contributed by atoms with Gasteiger partial charge in [-0.1, -0.05) is 5.16 Å². The van der Waals surface area contributed by atoms with Crippen molar-refractivity contribution in [3.63, 3.8) is 0 Å². The van der Waals surface area contributed by atoms with Crippen LogP contribution < -0.4 is 24.3 Å². The predicted octanol–water partition coefficient (Wildman–Crippen LogP) is 3.06. The molecular formula is C21H20N2O6. The number of amides is 1. The minimum Gasteiger partial charge on any atom is -0.493 e. The first-order valence-corrected chi connectivity index (χ1v) is 9.04. The minimum atomic E-state index is -0.255. The van der Waals surface area contributed by atoms with E-state index in [1.807, 2.05) is 18.2 Å². The SMILES string of the molecule is COc1ccc(C(=O)NCc2cc(-c3ccc4c(c3)OCCO4)on2)cc1OC. The van der Waals surface area contributed by atoms with Gasteiger partial charge in [0, 0.05) is 17.2 Å². The second kappa shape index (κ2) is 8.14. The molecule has 0 aliphatic carbocycles.